The van der Waals surface area contributed by atoms with E-state index in [1.54, 1.807) is 0 Å². The molecule has 0 unspecified atom stereocenters. The molecule has 1 aliphatic rings. The molecular weight excluding hydrogens is 190 g/mol. The molecule has 1 rings (SSSR count). The van der Waals surface area contributed by atoms with Crippen LogP contribution in [0.5, 0.6) is 0 Å². The molecule has 1 heterocycles. The van der Waals surface area contributed by atoms with Crippen molar-refractivity contribution in [1.29, 1.82) is 0 Å². The Morgan fingerprint density at radius 3 is 2.67 bits per heavy atom. The maximum atomic E-state index is 5.50. The van der Waals surface area contributed by atoms with Crippen LogP contribution in [-0.4, -0.2) is 39.5 Å². The summed E-state index contributed by atoms with van der Waals surface area (Å²) in [7, 11) is 0. The molecule has 0 aromatic heterocycles. The third kappa shape index (κ3) is 5.50. The lowest BCUT2D eigenvalue weighted by Crippen LogP contribution is -2.47. The monoisotopic (exact) mass is 215 g/mol. The Labute approximate surface area is 93.5 Å². The Bertz CT molecular complexity index is 167. The summed E-state index contributed by atoms with van der Waals surface area (Å²) in [5, 5.41) is 3.46. The molecule has 0 saturated carbocycles. The minimum Gasteiger partial charge on any atom is -0.381 e. The van der Waals surface area contributed by atoms with Crippen LogP contribution in [0.15, 0.2) is 0 Å². The molecule has 0 atom stereocenters. The van der Waals surface area contributed by atoms with Crippen LogP contribution >= 0.6 is 0 Å². The molecule has 90 valence electrons. The van der Waals surface area contributed by atoms with Crippen molar-refractivity contribution in [2.45, 2.75) is 27.2 Å². The number of hydrogen-bond acceptors (Lipinski definition) is 3. The highest BCUT2D eigenvalue weighted by atomic mass is 16.5. The van der Waals surface area contributed by atoms with Gasteiger partial charge in [0.15, 0.2) is 0 Å². The summed E-state index contributed by atoms with van der Waals surface area (Å²) in [6.07, 6.45) is 1.10. The van der Waals surface area contributed by atoms with Crippen LogP contribution in [0.1, 0.15) is 27.2 Å². The number of rotatable bonds is 8. The van der Waals surface area contributed by atoms with Gasteiger partial charge in [-0.1, -0.05) is 20.8 Å². The van der Waals surface area contributed by atoms with E-state index in [0.29, 0.717) is 11.3 Å². The topological polar surface area (TPSA) is 30.5 Å². The van der Waals surface area contributed by atoms with Crippen molar-refractivity contribution in [3.8, 4) is 0 Å². The molecule has 1 saturated heterocycles. The first kappa shape index (κ1) is 12.9. The van der Waals surface area contributed by atoms with Gasteiger partial charge in [-0.15, -0.1) is 0 Å². The normalized spacial score (nSPS) is 19.2. The molecule has 3 nitrogen and oxygen atoms in total. The highest BCUT2D eigenvalue weighted by Gasteiger charge is 2.32. The van der Waals surface area contributed by atoms with Gasteiger partial charge in [-0.05, 0) is 18.9 Å². The van der Waals surface area contributed by atoms with Gasteiger partial charge in [0.05, 0.1) is 13.2 Å². The molecule has 15 heavy (non-hydrogen) atoms. The van der Waals surface area contributed by atoms with Gasteiger partial charge in [0.2, 0.25) is 0 Å². The van der Waals surface area contributed by atoms with Crippen molar-refractivity contribution in [1.82, 2.24) is 5.32 Å². The average molecular weight is 215 g/mol. The minimum absolute atomic E-state index is 0.388. The molecule has 0 aliphatic carbocycles. The number of ether oxygens (including phenoxy) is 2. The molecule has 1 N–H and O–H groups in total. The minimum atomic E-state index is 0.388. The molecular formula is C12H25NO2. The Morgan fingerprint density at radius 2 is 2.13 bits per heavy atom. The van der Waals surface area contributed by atoms with E-state index in [-0.39, 0.29) is 0 Å². The van der Waals surface area contributed by atoms with Crippen LogP contribution in [-0.2, 0) is 9.47 Å². The fourth-order valence-corrected chi connectivity index (χ4v) is 1.56. The zero-order valence-corrected chi connectivity index (χ0v) is 10.3. The summed E-state index contributed by atoms with van der Waals surface area (Å²) in [5.41, 5.74) is 0.388. The van der Waals surface area contributed by atoms with Crippen LogP contribution in [0, 0.1) is 11.3 Å². The van der Waals surface area contributed by atoms with Crippen LogP contribution < -0.4 is 5.32 Å². The first-order valence-electron chi connectivity index (χ1n) is 5.99. The van der Waals surface area contributed by atoms with Gasteiger partial charge in [-0.2, -0.15) is 0 Å². The van der Waals surface area contributed by atoms with Crippen LogP contribution in [0.4, 0.5) is 0 Å². The smallest absolute Gasteiger partial charge is 0.0554 e. The maximum absolute atomic E-state index is 5.50. The van der Waals surface area contributed by atoms with Crippen LogP contribution in [0.25, 0.3) is 0 Å². The SMILES string of the molecule is CC(C)COCCCNCC1(C)COC1. The van der Waals surface area contributed by atoms with Crippen molar-refractivity contribution in [3.63, 3.8) is 0 Å². The fourth-order valence-electron chi connectivity index (χ4n) is 1.56. The van der Waals surface area contributed by atoms with Crippen LogP contribution in [0.3, 0.4) is 0 Å². The van der Waals surface area contributed by atoms with E-state index in [4.69, 9.17) is 9.47 Å². The van der Waals surface area contributed by atoms with E-state index >= 15 is 0 Å². The number of nitrogens with one attached hydrogen (secondary N) is 1. The summed E-state index contributed by atoms with van der Waals surface area (Å²) in [6, 6.07) is 0. The Balaban J connectivity index is 1.81. The second-order valence-electron chi connectivity index (χ2n) is 5.30. The zero-order chi connectivity index (χ0) is 11.1. The Morgan fingerprint density at radius 1 is 1.40 bits per heavy atom. The molecule has 0 radical (unpaired) electrons. The van der Waals surface area contributed by atoms with E-state index in [1.807, 2.05) is 0 Å². The van der Waals surface area contributed by atoms with Crippen molar-refractivity contribution in [3.05, 3.63) is 0 Å². The van der Waals surface area contributed by atoms with Crippen LogP contribution in [0.2, 0.25) is 0 Å². The van der Waals surface area contributed by atoms with E-state index in [0.717, 1.165) is 45.9 Å². The van der Waals surface area contributed by atoms with E-state index in [1.165, 1.54) is 0 Å². The van der Waals surface area contributed by atoms with E-state index < -0.39 is 0 Å². The Kier molecular flexibility index (Phi) is 5.58. The second-order valence-corrected chi connectivity index (χ2v) is 5.30. The average Bonchev–Trinajstić information content (AvgIpc) is 2.13. The molecule has 0 bridgehead atoms. The Hall–Kier alpha value is -0.120. The summed E-state index contributed by atoms with van der Waals surface area (Å²) in [5.74, 6) is 0.643. The molecule has 3 heteroatoms. The van der Waals surface area contributed by atoms with Gasteiger partial charge in [-0.25, -0.2) is 0 Å². The lowest BCUT2D eigenvalue weighted by molar-refractivity contribution is -0.0990. The first-order chi connectivity index (χ1) is 7.12. The highest BCUT2D eigenvalue weighted by molar-refractivity contribution is 4.82. The molecule has 0 aromatic carbocycles. The standard InChI is InChI=1S/C12H25NO2/c1-11(2)7-14-6-4-5-13-8-12(3)9-15-10-12/h11,13H,4-10H2,1-3H3. The zero-order valence-electron chi connectivity index (χ0n) is 10.3. The molecule has 0 aromatic rings. The third-order valence-electron chi connectivity index (χ3n) is 2.55. The van der Waals surface area contributed by atoms with Gasteiger partial charge in [0, 0.05) is 25.2 Å². The molecule has 0 spiro atoms. The van der Waals surface area contributed by atoms with Crippen molar-refractivity contribution >= 4 is 0 Å². The molecule has 0 amide bonds. The highest BCUT2D eigenvalue weighted by Crippen LogP contribution is 2.24. The summed E-state index contributed by atoms with van der Waals surface area (Å²) in [4.78, 5) is 0. The third-order valence-corrected chi connectivity index (χ3v) is 2.55. The van der Waals surface area contributed by atoms with Crippen molar-refractivity contribution in [2.75, 3.05) is 39.5 Å². The fraction of sp³-hybridized carbons (Fsp3) is 1.00. The predicted octanol–water partition coefficient (Wildman–Crippen LogP) is 1.68. The van der Waals surface area contributed by atoms with Gasteiger partial charge >= 0.3 is 0 Å². The first-order valence-corrected chi connectivity index (χ1v) is 5.99. The second kappa shape index (κ2) is 6.46. The van der Waals surface area contributed by atoms with Gasteiger partial charge in [0.1, 0.15) is 0 Å². The lowest BCUT2D eigenvalue weighted by Gasteiger charge is -2.38. The largest absolute Gasteiger partial charge is 0.381 e. The summed E-state index contributed by atoms with van der Waals surface area (Å²) in [6.45, 7) is 12.3. The van der Waals surface area contributed by atoms with Crippen molar-refractivity contribution in [2.24, 2.45) is 11.3 Å². The number of hydrogen-bond donors (Lipinski definition) is 1. The van der Waals surface area contributed by atoms with E-state index in [9.17, 15) is 0 Å². The molecule has 1 fully saturated rings. The van der Waals surface area contributed by atoms with Crippen molar-refractivity contribution < 1.29 is 9.47 Å². The lowest BCUT2D eigenvalue weighted by atomic mass is 9.89. The summed E-state index contributed by atoms with van der Waals surface area (Å²) >= 11 is 0. The predicted molar refractivity (Wildman–Crippen MR) is 62.1 cm³/mol. The quantitative estimate of drug-likeness (QED) is 0.625. The van der Waals surface area contributed by atoms with Gasteiger partial charge in [0.25, 0.3) is 0 Å². The van der Waals surface area contributed by atoms with Gasteiger partial charge in [-0.3, -0.25) is 0 Å². The summed E-state index contributed by atoms with van der Waals surface area (Å²) < 4.78 is 10.7. The van der Waals surface area contributed by atoms with E-state index in [2.05, 4.69) is 26.1 Å². The van der Waals surface area contributed by atoms with Gasteiger partial charge < -0.3 is 14.8 Å². The maximum Gasteiger partial charge on any atom is 0.0554 e. The molecule has 1 aliphatic heterocycles.